The van der Waals surface area contributed by atoms with Crippen LogP contribution in [-0.4, -0.2) is 35.4 Å². The Kier molecular flexibility index (Phi) is 7.57. The molecule has 3 aromatic carbocycles. The van der Waals surface area contributed by atoms with E-state index >= 15 is 0 Å². The Bertz CT molecular complexity index is 1330. The van der Waals surface area contributed by atoms with Crippen LogP contribution in [0.15, 0.2) is 85.1 Å². The molecule has 0 spiro atoms. The SMILES string of the molecule is CC(=O)NC(Cc1c[nH]c2ccccc12)C(=O)OCC(=O)Nc1ccccc1Cc1ccccc1. The summed E-state index contributed by atoms with van der Waals surface area (Å²) in [6, 6.07) is 24.2. The van der Waals surface area contributed by atoms with Crippen molar-refractivity contribution in [3.8, 4) is 0 Å². The fourth-order valence-electron chi connectivity index (χ4n) is 3.99. The van der Waals surface area contributed by atoms with Gasteiger partial charge in [-0.3, -0.25) is 9.59 Å². The van der Waals surface area contributed by atoms with E-state index in [1.807, 2.05) is 85.1 Å². The molecule has 4 aromatic rings. The fraction of sp³-hybridized carbons (Fsp3) is 0.179. The van der Waals surface area contributed by atoms with Crippen LogP contribution in [0.3, 0.4) is 0 Å². The Balaban J connectivity index is 1.38. The molecule has 4 rings (SSSR count). The van der Waals surface area contributed by atoms with Crippen molar-refractivity contribution < 1.29 is 19.1 Å². The van der Waals surface area contributed by atoms with Crippen LogP contribution in [-0.2, 0) is 32.0 Å². The molecule has 0 saturated carbocycles. The quantitative estimate of drug-likeness (QED) is 0.323. The molecule has 0 saturated heterocycles. The Morgan fingerprint density at radius 1 is 0.886 bits per heavy atom. The van der Waals surface area contributed by atoms with Crippen LogP contribution < -0.4 is 10.6 Å². The molecule has 35 heavy (non-hydrogen) atoms. The first-order valence-electron chi connectivity index (χ1n) is 11.4. The van der Waals surface area contributed by atoms with E-state index in [4.69, 9.17) is 4.74 Å². The maximum atomic E-state index is 12.8. The summed E-state index contributed by atoms with van der Waals surface area (Å²) in [6.07, 6.45) is 2.71. The molecule has 3 N–H and O–H groups in total. The number of para-hydroxylation sites is 2. The number of carbonyl (C=O) groups excluding carboxylic acids is 3. The van der Waals surface area contributed by atoms with Gasteiger partial charge in [-0.2, -0.15) is 0 Å². The number of benzene rings is 3. The average Bonchev–Trinajstić information content (AvgIpc) is 3.26. The third-order valence-electron chi connectivity index (χ3n) is 5.64. The van der Waals surface area contributed by atoms with Gasteiger partial charge in [-0.05, 0) is 35.2 Å². The molecule has 0 fully saturated rings. The van der Waals surface area contributed by atoms with Gasteiger partial charge in [0.05, 0.1) is 0 Å². The van der Waals surface area contributed by atoms with E-state index in [-0.39, 0.29) is 12.3 Å². The van der Waals surface area contributed by atoms with Gasteiger partial charge in [0.1, 0.15) is 6.04 Å². The molecule has 0 aliphatic heterocycles. The lowest BCUT2D eigenvalue weighted by Crippen LogP contribution is -2.43. The molecule has 0 radical (unpaired) electrons. The Hall–Kier alpha value is -4.39. The molecule has 0 aliphatic rings. The van der Waals surface area contributed by atoms with Crippen molar-refractivity contribution in [3.63, 3.8) is 0 Å². The predicted molar refractivity (Wildman–Crippen MR) is 135 cm³/mol. The molecular weight excluding hydrogens is 442 g/mol. The number of fused-ring (bicyclic) bond motifs is 1. The molecule has 178 valence electrons. The van der Waals surface area contributed by atoms with E-state index in [0.29, 0.717) is 12.1 Å². The van der Waals surface area contributed by atoms with E-state index in [1.54, 1.807) is 0 Å². The molecule has 7 nitrogen and oxygen atoms in total. The van der Waals surface area contributed by atoms with Crippen LogP contribution in [0.2, 0.25) is 0 Å². The second-order valence-electron chi connectivity index (χ2n) is 8.29. The minimum Gasteiger partial charge on any atom is -0.454 e. The first kappa shape index (κ1) is 23.8. The smallest absolute Gasteiger partial charge is 0.329 e. The van der Waals surface area contributed by atoms with Gasteiger partial charge in [-0.25, -0.2) is 4.79 Å². The zero-order valence-corrected chi connectivity index (χ0v) is 19.4. The highest BCUT2D eigenvalue weighted by molar-refractivity contribution is 5.94. The minimum absolute atomic E-state index is 0.240. The summed E-state index contributed by atoms with van der Waals surface area (Å²) in [5, 5.41) is 6.42. The van der Waals surface area contributed by atoms with Gasteiger partial charge in [0.2, 0.25) is 5.91 Å². The van der Waals surface area contributed by atoms with E-state index < -0.39 is 24.5 Å². The third-order valence-corrected chi connectivity index (χ3v) is 5.64. The number of amides is 2. The molecule has 7 heteroatoms. The highest BCUT2D eigenvalue weighted by atomic mass is 16.5. The van der Waals surface area contributed by atoms with E-state index in [0.717, 1.165) is 27.6 Å². The highest BCUT2D eigenvalue weighted by Crippen LogP contribution is 2.20. The van der Waals surface area contributed by atoms with Crippen molar-refractivity contribution in [2.75, 3.05) is 11.9 Å². The second-order valence-corrected chi connectivity index (χ2v) is 8.29. The summed E-state index contributed by atoms with van der Waals surface area (Å²) in [7, 11) is 0. The summed E-state index contributed by atoms with van der Waals surface area (Å²) in [4.78, 5) is 40.2. The normalized spacial score (nSPS) is 11.6. The molecule has 1 atom stereocenters. The van der Waals surface area contributed by atoms with Crippen LogP contribution in [0.5, 0.6) is 0 Å². The minimum atomic E-state index is -0.912. The number of rotatable bonds is 9. The molecule has 1 aromatic heterocycles. The van der Waals surface area contributed by atoms with Crippen molar-refractivity contribution in [1.29, 1.82) is 0 Å². The van der Waals surface area contributed by atoms with Crippen LogP contribution in [0.4, 0.5) is 5.69 Å². The second kappa shape index (κ2) is 11.2. The predicted octanol–water partition coefficient (Wildman–Crippen LogP) is 3.99. The number of carbonyl (C=O) groups is 3. The van der Waals surface area contributed by atoms with Crippen LogP contribution >= 0.6 is 0 Å². The van der Waals surface area contributed by atoms with Gasteiger partial charge in [0.15, 0.2) is 6.61 Å². The van der Waals surface area contributed by atoms with Crippen LogP contribution in [0.25, 0.3) is 10.9 Å². The lowest BCUT2D eigenvalue weighted by atomic mass is 10.0. The van der Waals surface area contributed by atoms with Gasteiger partial charge in [-0.15, -0.1) is 0 Å². The van der Waals surface area contributed by atoms with Crippen molar-refractivity contribution in [3.05, 3.63) is 102 Å². The first-order chi connectivity index (χ1) is 17.0. The summed E-state index contributed by atoms with van der Waals surface area (Å²) < 4.78 is 5.28. The largest absolute Gasteiger partial charge is 0.454 e. The van der Waals surface area contributed by atoms with E-state index in [1.165, 1.54) is 6.92 Å². The third kappa shape index (κ3) is 6.35. The summed E-state index contributed by atoms with van der Waals surface area (Å²) in [5.74, 6) is -1.48. The molecule has 1 heterocycles. The number of hydrogen-bond acceptors (Lipinski definition) is 4. The van der Waals surface area contributed by atoms with Gasteiger partial charge in [-0.1, -0.05) is 66.7 Å². The average molecular weight is 470 g/mol. The van der Waals surface area contributed by atoms with Crippen molar-refractivity contribution in [1.82, 2.24) is 10.3 Å². The van der Waals surface area contributed by atoms with Gasteiger partial charge in [0, 0.05) is 36.1 Å². The molecule has 2 amide bonds. The van der Waals surface area contributed by atoms with Crippen molar-refractivity contribution in [2.24, 2.45) is 0 Å². The summed E-state index contributed by atoms with van der Waals surface area (Å²) in [6.45, 7) is 0.883. The monoisotopic (exact) mass is 469 g/mol. The van der Waals surface area contributed by atoms with Gasteiger partial charge >= 0.3 is 5.97 Å². The standard InChI is InChI=1S/C28H27N3O4/c1-19(32)30-26(16-22-17-29-25-14-8-6-12-23(22)25)28(34)35-18-27(33)31-24-13-7-5-11-21(24)15-20-9-3-2-4-10-20/h2-14,17,26,29H,15-16,18H2,1H3,(H,30,32)(H,31,33). The number of ether oxygens (including phenoxy) is 1. The Labute approximate surface area is 203 Å². The van der Waals surface area contributed by atoms with E-state index in [9.17, 15) is 14.4 Å². The zero-order chi connectivity index (χ0) is 24.6. The number of aromatic nitrogens is 1. The number of esters is 1. The number of aromatic amines is 1. The molecule has 0 aliphatic carbocycles. The van der Waals surface area contributed by atoms with Crippen molar-refractivity contribution in [2.45, 2.75) is 25.8 Å². The number of nitrogens with one attached hydrogen (secondary N) is 3. The van der Waals surface area contributed by atoms with Gasteiger partial charge in [0.25, 0.3) is 5.91 Å². The Morgan fingerprint density at radius 2 is 1.60 bits per heavy atom. The number of anilines is 1. The lowest BCUT2D eigenvalue weighted by molar-refractivity contribution is -0.150. The first-order valence-corrected chi connectivity index (χ1v) is 11.4. The summed E-state index contributed by atoms with van der Waals surface area (Å²) >= 11 is 0. The molecular formula is C28H27N3O4. The highest BCUT2D eigenvalue weighted by Gasteiger charge is 2.24. The fourth-order valence-corrected chi connectivity index (χ4v) is 3.99. The maximum Gasteiger partial charge on any atom is 0.329 e. The lowest BCUT2D eigenvalue weighted by Gasteiger charge is -2.17. The van der Waals surface area contributed by atoms with Crippen LogP contribution in [0.1, 0.15) is 23.6 Å². The van der Waals surface area contributed by atoms with Crippen LogP contribution in [0, 0.1) is 0 Å². The Morgan fingerprint density at radius 3 is 2.40 bits per heavy atom. The molecule has 1 unspecified atom stereocenters. The number of H-pyrrole nitrogens is 1. The van der Waals surface area contributed by atoms with Crippen molar-refractivity contribution >= 4 is 34.4 Å². The van der Waals surface area contributed by atoms with E-state index in [2.05, 4.69) is 15.6 Å². The maximum absolute atomic E-state index is 12.8. The van der Waals surface area contributed by atoms with Gasteiger partial charge < -0.3 is 20.4 Å². The summed E-state index contributed by atoms with van der Waals surface area (Å²) in [5.41, 5.74) is 4.54. The topological polar surface area (TPSA) is 100 Å². The molecule has 0 bridgehead atoms. The number of hydrogen-bond donors (Lipinski definition) is 3. The zero-order valence-electron chi connectivity index (χ0n) is 19.4.